The molecule has 0 spiro atoms. The Morgan fingerprint density at radius 1 is 1.16 bits per heavy atom. The summed E-state index contributed by atoms with van der Waals surface area (Å²) >= 11 is 0. The number of nitrogens with two attached hydrogens (primary N) is 1. The molecule has 2 aromatic carbocycles. The van der Waals surface area contributed by atoms with E-state index in [4.69, 9.17) is 10.5 Å². The number of hydrogen-bond donors (Lipinski definition) is 2. The molecule has 7 nitrogen and oxygen atoms in total. The number of carboxylic acid groups (broad SMARTS) is 1. The largest absolute Gasteiger partial charge is 0.482 e. The van der Waals surface area contributed by atoms with Crippen LogP contribution in [-0.2, 0) is 0 Å². The maximum atomic E-state index is 14.3. The van der Waals surface area contributed by atoms with E-state index in [0.717, 1.165) is 18.2 Å². The molecule has 10 heteroatoms. The number of aromatic carboxylic acids is 1. The number of fused-ring (bicyclic) bond motifs is 1. The van der Waals surface area contributed by atoms with Crippen molar-refractivity contribution in [3.05, 3.63) is 77.4 Å². The normalized spacial score (nSPS) is 12.1. The van der Waals surface area contributed by atoms with Crippen LogP contribution in [0.3, 0.4) is 0 Å². The first-order valence-corrected chi connectivity index (χ1v) is 9.03. The van der Waals surface area contributed by atoms with Crippen LogP contribution in [0.5, 0.6) is 5.75 Å². The van der Waals surface area contributed by atoms with Crippen LogP contribution in [-0.4, -0.2) is 25.8 Å². The van der Waals surface area contributed by atoms with Crippen molar-refractivity contribution < 1.29 is 27.8 Å². The standard InChI is InChI=1S/C21H15F3N4O3/c1-10(31-18-6-11-5-12(22)7-16(24)19(11)27-20(18)25)13-8-14(21(29)30)15(23)9-17(13)28-4-2-3-26-28/h2-10H,1H3,(H2,25,27)(H,29,30)/t10-/m0/s1. The Balaban J connectivity index is 1.80. The van der Waals surface area contributed by atoms with Crippen LogP contribution in [0, 0.1) is 17.5 Å². The van der Waals surface area contributed by atoms with Crippen molar-refractivity contribution in [3.8, 4) is 11.4 Å². The molecule has 0 aliphatic carbocycles. The van der Waals surface area contributed by atoms with Gasteiger partial charge in [0.05, 0.1) is 11.3 Å². The second-order valence-corrected chi connectivity index (χ2v) is 6.74. The van der Waals surface area contributed by atoms with E-state index in [9.17, 15) is 23.1 Å². The van der Waals surface area contributed by atoms with Crippen LogP contribution in [0.1, 0.15) is 28.9 Å². The molecule has 0 saturated carbocycles. The summed E-state index contributed by atoms with van der Waals surface area (Å²) in [4.78, 5) is 15.3. The first-order chi connectivity index (χ1) is 14.7. The number of anilines is 1. The van der Waals surface area contributed by atoms with Crippen LogP contribution in [0.25, 0.3) is 16.6 Å². The number of carbonyl (C=O) groups is 1. The predicted octanol–water partition coefficient (Wildman–Crippen LogP) is 4.26. The Morgan fingerprint density at radius 2 is 1.94 bits per heavy atom. The zero-order valence-corrected chi connectivity index (χ0v) is 16.0. The highest BCUT2D eigenvalue weighted by atomic mass is 19.1. The van der Waals surface area contributed by atoms with Gasteiger partial charge in [0, 0.05) is 35.5 Å². The molecule has 0 aliphatic rings. The molecule has 2 aromatic heterocycles. The van der Waals surface area contributed by atoms with Gasteiger partial charge in [-0.15, -0.1) is 0 Å². The fourth-order valence-electron chi connectivity index (χ4n) is 3.23. The van der Waals surface area contributed by atoms with Crippen LogP contribution < -0.4 is 10.5 Å². The van der Waals surface area contributed by atoms with Gasteiger partial charge < -0.3 is 15.6 Å². The minimum absolute atomic E-state index is 0.0256. The van der Waals surface area contributed by atoms with Crippen molar-refractivity contribution in [1.82, 2.24) is 14.8 Å². The fraction of sp³-hybridized carbons (Fsp3) is 0.0952. The van der Waals surface area contributed by atoms with Gasteiger partial charge in [0.2, 0.25) is 0 Å². The van der Waals surface area contributed by atoms with Crippen LogP contribution in [0.2, 0.25) is 0 Å². The van der Waals surface area contributed by atoms with Gasteiger partial charge in [-0.3, -0.25) is 0 Å². The maximum Gasteiger partial charge on any atom is 0.338 e. The summed E-state index contributed by atoms with van der Waals surface area (Å²) in [6, 6.07) is 6.90. The van der Waals surface area contributed by atoms with E-state index in [1.807, 2.05) is 0 Å². The Morgan fingerprint density at radius 3 is 2.61 bits per heavy atom. The van der Waals surface area contributed by atoms with Gasteiger partial charge in [-0.25, -0.2) is 27.6 Å². The van der Waals surface area contributed by atoms with Crippen molar-refractivity contribution in [3.63, 3.8) is 0 Å². The molecule has 0 unspecified atom stereocenters. The molecule has 0 bridgehead atoms. The van der Waals surface area contributed by atoms with E-state index in [0.29, 0.717) is 11.6 Å². The molecule has 4 rings (SSSR count). The molecule has 3 N–H and O–H groups in total. The summed E-state index contributed by atoms with van der Waals surface area (Å²) in [5.41, 5.74) is 5.77. The Kier molecular flexibility index (Phi) is 4.97. The molecule has 31 heavy (non-hydrogen) atoms. The third-order valence-electron chi connectivity index (χ3n) is 4.67. The lowest BCUT2D eigenvalue weighted by molar-refractivity contribution is 0.0691. The van der Waals surface area contributed by atoms with Crippen LogP contribution in [0.15, 0.2) is 48.8 Å². The second kappa shape index (κ2) is 7.63. The highest BCUT2D eigenvalue weighted by molar-refractivity contribution is 5.88. The summed E-state index contributed by atoms with van der Waals surface area (Å²) < 4.78 is 49.1. The van der Waals surface area contributed by atoms with E-state index in [2.05, 4.69) is 10.1 Å². The number of aromatic nitrogens is 3. The van der Waals surface area contributed by atoms with E-state index in [1.54, 1.807) is 19.2 Å². The van der Waals surface area contributed by atoms with Crippen molar-refractivity contribution in [2.45, 2.75) is 13.0 Å². The average molecular weight is 428 g/mol. The highest BCUT2D eigenvalue weighted by Gasteiger charge is 2.22. The van der Waals surface area contributed by atoms with Crippen molar-refractivity contribution >= 4 is 22.7 Å². The Labute approximate surface area is 173 Å². The lowest BCUT2D eigenvalue weighted by atomic mass is 10.0. The van der Waals surface area contributed by atoms with E-state index < -0.39 is 35.1 Å². The summed E-state index contributed by atoms with van der Waals surface area (Å²) in [5.74, 6) is -4.17. The molecule has 158 valence electrons. The molecule has 1 atom stereocenters. The molecule has 0 radical (unpaired) electrons. The van der Waals surface area contributed by atoms with Gasteiger partial charge in [-0.05, 0) is 31.2 Å². The number of rotatable bonds is 5. The van der Waals surface area contributed by atoms with Gasteiger partial charge in [-0.2, -0.15) is 5.10 Å². The Hall–Kier alpha value is -4.08. The highest BCUT2D eigenvalue weighted by Crippen LogP contribution is 2.33. The summed E-state index contributed by atoms with van der Waals surface area (Å²) in [7, 11) is 0. The van der Waals surface area contributed by atoms with Gasteiger partial charge in [0.15, 0.2) is 17.4 Å². The van der Waals surface area contributed by atoms with Crippen LogP contribution in [0.4, 0.5) is 19.0 Å². The predicted molar refractivity (Wildman–Crippen MR) is 106 cm³/mol. The molecule has 0 fully saturated rings. The molecule has 4 aromatic rings. The number of hydrogen-bond acceptors (Lipinski definition) is 5. The SMILES string of the molecule is C[C@H](Oc1cc2cc(F)cc(F)c2nc1N)c1cc(C(=O)O)c(F)cc1-n1cccn1. The number of nitrogen functional groups attached to an aromatic ring is 1. The summed E-state index contributed by atoms with van der Waals surface area (Å²) in [6.45, 7) is 1.58. The number of pyridine rings is 1. The maximum absolute atomic E-state index is 14.3. The molecule has 0 aliphatic heterocycles. The number of benzene rings is 2. The number of ether oxygens (including phenoxy) is 1. The van der Waals surface area contributed by atoms with Crippen molar-refractivity contribution in [1.29, 1.82) is 0 Å². The molecular weight excluding hydrogens is 413 g/mol. The third-order valence-corrected chi connectivity index (χ3v) is 4.67. The number of nitrogens with zero attached hydrogens (tertiary/aromatic N) is 3. The lowest BCUT2D eigenvalue weighted by Crippen LogP contribution is -2.13. The van der Waals surface area contributed by atoms with Gasteiger partial charge >= 0.3 is 5.97 Å². The first-order valence-electron chi connectivity index (χ1n) is 9.03. The van der Waals surface area contributed by atoms with E-state index >= 15 is 0 Å². The smallest absolute Gasteiger partial charge is 0.338 e. The van der Waals surface area contributed by atoms with E-state index in [1.165, 1.54) is 16.9 Å². The van der Waals surface area contributed by atoms with Gasteiger partial charge in [0.25, 0.3) is 0 Å². The first kappa shape index (κ1) is 20.2. The minimum atomic E-state index is -1.45. The fourth-order valence-corrected chi connectivity index (χ4v) is 3.23. The monoisotopic (exact) mass is 428 g/mol. The van der Waals surface area contributed by atoms with Gasteiger partial charge in [0.1, 0.15) is 23.3 Å². The summed E-state index contributed by atoms with van der Waals surface area (Å²) in [6.07, 6.45) is 2.19. The molecular formula is C21H15F3N4O3. The Bertz CT molecular complexity index is 1310. The van der Waals surface area contributed by atoms with Gasteiger partial charge in [-0.1, -0.05) is 0 Å². The van der Waals surface area contributed by atoms with Crippen molar-refractivity contribution in [2.75, 3.05) is 5.73 Å². The molecule has 0 saturated heterocycles. The number of halogens is 3. The number of carboxylic acids is 1. The van der Waals surface area contributed by atoms with Crippen LogP contribution >= 0.6 is 0 Å². The topological polar surface area (TPSA) is 103 Å². The summed E-state index contributed by atoms with van der Waals surface area (Å²) in [5, 5.41) is 13.5. The molecule has 2 heterocycles. The third kappa shape index (κ3) is 3.75. The van der Waals surface area contributed by atoms with E-state index in [-0.39, 0.29) is 28.2 Å². The zero-order valence-electron chi connectivity index (χ0n) is 16.0. The zero-order chi connectivity index (χ0) is 22.3. The van der Waals surface area contributed by atoms with Crippen molar-refractivity contribution in [2.24, 2.45) is 0 Å². The second-order valence-electron chi connectivity index (χ2n) is 6.74. The quantitative estimate of drug-likeness (QED) is 0.492. The molecule has 0 amide bonds. The average Bonchev–Trinajstić information content (AvgIpc) is 3.23. The lowest BCUT2D eigenvalue weighted by Gasteiger charge is -2.20. The minimum Gasteiger partial charge on any atom is -0.482 e.